The molecule has 0 amide bonds. The number of hydrogen-bond donors (Lipinski definition) is 1. The number of benzene rings is 2. The summed E-state index contributed by atoms with van der Waals surface area (Å²) in [5, 5.41) is 3.85. The van der Waals surface area contributed by atoms with Gasteiger partial charge in [-0.1, -0.05) is 40.2 Å². The maximum absolute atomic E-state index is 3.85. The standard InChI is InChI=1S/C22H23BrN2S/c23-16-8-6-15(7-9-16)22-19-5-3-4-18(19)20-14-17(10-11-21(20)24-22)26-25-12-1-2-13-25/h3-4,6-11,14,18-19,22,24H,1-2,5,12-13H2. The van der Waals surface area contributed by atoms with E-state index < -0.39 is 0 Å². The van der Waals surface area contributed by atoms with Crippen LogP contribution in [0, 0.1) is 5.92 Å². The summed E-state index contributed by atoms with van der Waals surface area (Å²) in [5.41, 5.74) is 4.16. The molecule has 3 atom stereocenters. The summed E-state index contributed by atoms with van der Waals surface area (Å²) in [6.07, 6.45) is 8.63. The van der Waals surface area contributed by atoms with Crippen molar-refractivity contribution in [3.63, 3.8) is 0 Å². The Morgan fingerprint density at radius 1 is 1.04 bits per heavy atom. The molecule has 134 valence electrons. The van der Waals surface area contributed by atoms with Crippen LogP contribution in [0.1, 0.15) is 42.3 Å². The van der Waals surface area contributed by atoms with E-state index in [0.29, 0.717) is 17.9 Å². The van der Waals surface area contributed by atoms with Crippen LogP contribution in [0.4, 0.5) is 5.69 Å². The average Bonchev–Trinajstić information content (AvgIpc) is 3.34. The molecule has 3 aliphatic rings. The van der Waals surface area contributed by atoms with Gasteiger partial charge in [-0.2, -0.15) is 0 Å². The molecule has 0 radical (unpaired) electrons. The van der Waals surface area contributed by atoms with Crippen LogP contribution in [-0.2, 0) is 0 Å². The molecule has 1 N–H and O–H groups in total. The minimum absolute atomic E-state index is 0.382. The highest BCUT2D eigenvalue weighted by Crippen LogP contribution is 2.50. The van der Waals surface area contributed by atoms with Crippen molar-refractivity contribution in [2.24, 2.45) is 5.92 Å². The first kappa shape index (κ1) is 16.9. The Hall–Kier alpha value is -1.23. The van der Waals surface area contributed by atoms with Crippen molar-refractivity contribution < 1.29 is 0 Å². The minimum Gasteiger partial charge on any atom is -0.378 e. The predicted octanol–water partition coefficient (Wildman–Crippen LogP) is 6.38. The van der Waals surface area contributed by atoms with Crippen LogP contribution in [-0.4, -0.2) is 17.4 Å². The van der Waals surface area contributed by atoms with E-state index in [1.807, 2.05) is 11.9 Å². The van der Waals surface area contributed by atoms with Gasteiger partial charge in [-0.3, -0.25) is 0 Å². The zero-order valence-corrected chi connectivity index (χ0v) is 17.1. The van der Waals surface area contributed by atoms with Crippen molar-refractivity contribution in [2.45, 2.75) is 36.1 Å². The SMILES string of the molecule is Brc1ccc(C2Nc3ccc(SN4CCCC4)cc3C3C=CCC32)cc1. The fourth-order valence-corrected chi connectivity index (χ4v) is 5.87. The van der Waals surface area contributed by atoms with Gasteiger partial charge in [0.2, 0.25) is 0 Å². The van der Waals surface area contributed by atoms with E-state index in [2.05, 4.69) is 80.2 Å². The normalized spacial score (nSPS) is 27.2. The van der Waals surface area contributed by atoms with Crippen LogP contribution >= 0.6 is 27.9 Å². The lowest BCUT2D eigenvalue weighted by Gasteiger charge is -2.38. The quantitative estimate of drug-likeness (QED) is 0.452. The van der Waals surface area contributed by atoms with Crippen molar-refractivity contribution in [3.05, 3.63) is 70.2 Å². The molecular formula is C22H23BrN2S. The molecule has 2 aromatic carbocycles. The van der Waals surface area contributed by atoms with Crippen LogP contribution in [0.25, 0.3) is 0 Å². The molecule has 2 nitrogen and oxygen atoms in total. The van der Waals surface area contributed by atoms with Gasteiger partial charge in [-0.05, 0) is 78.6 Å². The summed E-state index contributed by atoms with van der Waals surface area (Å²) in [5.74, 6) is 1.13. The number of hydrogen-bond acceptors (Lipinski definition) is 3. The molecule has 1 saturated heterocycles. The van der Waals surface area contributed by atoms with Crippen molar-refractivity contribution in [1.29, 1.82) is 0 Å². The summed E-state index contributed by atoms with van der Waals surface area (Å²) < 4.78 is 3.65. The molecule has 1 aliphatic carbocycles. The summed E-state index contributed by atoms with van der Waals surface area (Å²) in [6, 6.07) is 16.2. The fourth-order valence-electron chi connectivity index (χ4n) is 4.56. The molecule has 0 saturated carbocycles. The van der Waals surface area contributed by atoms with Gasteiger partial charge in [0.15, 0.2) is 0 Å². The number of allylic oxidation sites excluding steroid dienone is 2. The molecule has 2 aromatic rings. The summed E-state index contributed by atoms with van der Waals surface area (Å²) >= 11 is 5.49. The third-order valence-corrected chi connectivity index (χ3v) is 7.48. The van der Waals surface area contributed by atoms with Crippen molar-refractivity contribution in [3.8, 4) is 0 Å². The number of halogens is 1. The van der Waals surface area contributed by atoms with Gasteiger partial charge < -0.3 is 5.32 Å². The zero-order valence-electron chi connectivity index (χ0n) is 14.7. The van der Waals surface area contributed by atoms with Gasteiger partial charge in [0.05, 0.1) is 6.04 Å². The Balaban J connectivity index is 1.45. The van der Waals surface area contributed by atoms with Crippen molar-refractivity contribution in [2.75, 3.05) is 18.4 Å². The van der Waals surface area contributed by atoms with Crippen LogP contribution < -0.4 is 5.32 Å². The molecule has 5 rings (SSSR count). The molecule has 0 aromatic heterocycles. The topological polar surface area (TPSA) is 15.3 Å². The number of nitrogens with one attached hydrogen (secondary N) is 1. The van der Waals surface area contributed by atoms with Gasteiger partial charge in [0.1, 0.15) is 0 Å². The molecule has 26 heavy (non-hydrogen) atoms. The van der Waals surface area contributed by atoms with Crippen LogP contribution in [0.3, 0.4) is 0 Å². The Morgan fingerprint density at radius 2 is 1.85 bits per heavy atom. The van der Waals surface area contributed by atoms with Crippen LogP contribution in [0.15, 0.2) is 64.0 Å². The monoisotopic (exact) mass is 426 g/mol. The lowest BCUT2D eigenvalue weighted by atomic mass is 9.77. The molecule has 2 heterocycles. The number of anilines is 1. The number of fused-ring (bicyclic) bond motifs is 3. The molecule has 0 bridgehead atoms. The third kappa shape index (κ3) is 3.12. The first-order chi connectivity index (χ1) is 12.8. The molecule has 3 unspecified atom stereocenters. The van der Waals surface area contributed by atoms with Gasteiger partial charge in [-0.25, -0.2) is 4.31 Å². The maximum Gasteiger partial charge on any atom is 0.0553 e. The zero-order chi connectivity index (χ0) is 17.5. The maximum atomic E-state index is 3.85. The van der Waals surface area contributed by atoms with E-state index >= 15 is 0 Å². The second-order valence-corrected chi connectivity index (χ2v) is 9.59. The third-order valence-electron chi connectivity index (χ3n) is 5.86. The van der Waals surface area contributed by atoms with E-state index in [1.165, 1.54) is 47.6 Å². The second-order valence-electron chi connectivity index (χ2n) is 7.50. The summed E-state index contributed by atoms with van der Waals surface area (Å²) in [4.78, 5) is 1.38. The van der Waals surface area contributed by atoms with E-state index in [9.17, 15) is 0 Å². The van der Waals surface area contributed by atoms with Gasteiger partial charge in [0, 0.05) is 34.1 Å². The predicted molar refractivity (Wildman–Crippen MR) is 114 cm³/mol. The minimum atomic E-state index is 0.382. The number of rotatable bonds is 3. The van der Waals surface area contributed by atoms with E-state index in [1.54, 1.807) is 0 Å². The fraction of sp³-hybridized carbons (Fsp3) is 0.364. The van der Waals surface area contributed by atoms with Crippen LogP contribution in [0.5, 0.6) is 0 Å². The van der Waals surface area contributed by atoms with Crippen molar-refractivity contribution in [1.82, 2.24) is 4.31 Å². The van der Waals surface area contributed by atoms with Gasteiger partial charge in [-0.15, -0.1) is 0 Å². The Morgan fingerprint density at radius 3 is 2.65 bits per heavy atom. The lowest BCUT2D eigenvalue weighted by Crippen LogP contribution is -2.29. The average molecular weight is 427 g/mol. The molecule has 1 fully saturated rings. The smallest absolute Gasteiger partial charge is 0.0553 e. The summed E-state index contributed by atoms with van der Waals surface area (Å²) in [6.45, 7) is 2.44. The van der Waals surface area contributed by atoms with Gasteiger partial charge >= 0.3 is 0 Å². The molecule has 4 heteroatoms. The Labute approximate surface area is 168 Å². The Bertz CT molecular complexity index is 827. The van der Waals surface area contributed by atoms with Crippen molar-refractivity contribution >= 4 is 33.6 Å². The molecular weight excluding hydrogens is 404 g/mol. The summed E-state index contributed by atoms with van der Waals surface area (Å²) in [7, 11) is 0. The second kappa shape index (κ2) is 7.06. The van der Waals surface area contributed by atoms with E-state index in [0.717, 1.165) is 10.9 Å². The highest BCUT2D eigenvalue weighted by Gasteiger charge is 2.38. The van der Waals surface area contributed by atoms with Crippen LogP contribution in [0.2, 0.25) is 0 Å². The molecule has 2 aliphatic heterocycles. The van der Waals surface area contributed by atoms with E-state index in [-0.39, 0.29) is 0 Å². The lowest BCUT2D eigenvalue weighted by molar-refractivity contribution is 0.425. The molecule has 0 spiro atoms. The Kier molecular flexibility index (Phi) is 4.59. The highest BCUT2D eigenvalue weighted by molar-refractivity contribution is 9.10. The number of nitrogens with zero attached hydrogens (tertiary/aromatic N) is 1. The highest BCUT2D eigenvalue weighted by atomic mass is 79.9. The first-order valence-corrected chi connectivity index (χ1v) is 11.1. The first-order valence-electron chi connectivity index (χ1n) is 9.53. The van der Waals surface area contributed by atoms with E-state index in [4.69, 9.17) is 0 Å². The largest absolute Gasteiger partial charge is 0.378 e. The van der Waals surface area contributed by atoms with Gasteiger partial charge in [0.25, 0.3) is 0 Å².